The fraction of sp³-hybridized carbons (Fsp3) is 0.357. The Morgan fingerprint density at radius 3 is 2.69 bits per heavy atom. The monoisotopic (exact) mass is 502 g/mol. The minimum absolute atomic E-state index is 0.129. The van der Waals surface area contributed by atoms with Crippen LogP contribution in [0.3, 0.4) is 0 Å². The van der Waals surface area contributed by atoms with Gasteiger partial charge >= 0.3 is 0 Å². The number of fused-ring (bicyclic) bond motifs is 1. The molecule has 8 heteroatoms. The Labute approximate surface area is 215 Å². The molecule has 2 aromatic carbocycles. The molecule has 2 aliphatic heterocycles. The molecule has 7 nitrogen and oxygen atoms in total. The minimum Gasteiger partial charge on any atom is -0.370 e. The van der Waals surface area contributed by atoms with Crippen LogP contribution in [0.25, 0.3) is 0 Å². The van der Waals surface area contributed by atoms with Crippen LogP contribution in [0.4, 0.5) is 5.69 Å². The maximum Gasteiger partial charge on any atom is 0.264 e. The highest BCUT2D eigenvalue weighted by molar-refractivity contribution is 7.09. The van der Waals surface area contributed by atoms with Crippen molar-refractivity contribution in [3.63, 3.8) is 0 Å². The lowest BCUT2D eigenvalue weighted by Crippen LogP contribution is -2.44. The van der Waals surface area contributed by atoms with Gasteiger partial charge in [0.1, 0.15) is 5.01 Å². The summed E-state index contributed by atoms with van der Waals surface area (Å²) in [7, 11) is 1.87. The van der Waals surface area contributed by atoms with Crippen LogP contribution in [0.15, 0.2) is 60.1 Å². The largest absolute Gasteiger partial charge is 0.370 e. The third-order valence-electron chi connectivity index (χ3n) is 7.19. The van der Waals surface area contributed by atoms with E-state index in [1.54, 1.807) is 12.3 Å². The van der Waals surface area contributed by atoms with Gasteiger partial charge in [-0.15, -0.1) is 11.3 Å². The first-order valence-electron chi connectivity index (χ1n) is 12.4. The zero-order valence-corrected chi connectivity index (χ0v) is 21.4. The summed E-state index contributed by atoms with van der Waals surface area (Å²) in [6.45, 7) is 3.78. The van der Waals surface area contributed by atoms with Gasteiger partial charge in [-0.1, -0.05) is 36.4 Å². The number of piperidine rings is 1. The Bertz CT molecular complexity index is 1260. The van der Waals surface area contributed by atoms with Crippen LogP contribution in [0.2, 0.25) is 0 Å². The van der Waals surface area contributed by atoms with Crippen LogP contribution in [-0.4, -0.2) is 59.2 Å². The van der Waals surface area contributed by atoms with Gasteiger partial charge in [0, 0.05) is 38.3 Å². The fourth-order valence-electron chi connectivity index (χ4n) is 5.21. The van der Waals surface area contributed by atoms with Gasteiger partial charge in [0.15, 0.2) is 0 Å². The molecular formula is C28H30N4O3S. The summed E-state index contributed by atoms with van der Waals surface area (Å²) in [6, 6.07) is 15.2. The zero-order chi connectivity index (χ0) is 25.2. The number of rotatable bonds is 7. The molecule has 186 valence electrons. The average Bonchev–Trinajstić information content (AvgIpc) is 3.54. The van der Waals surface area contributed by atoms with Crippen molar-refractivity contribution in [3.8, 4) is 0 Å². The predicted octanol–water partition coefficient (Wildman–Crippen LogP) is 4.42. The number of carbonyl (C=O) groups is 3. The molecule has 0 unspecified atom stereocenters. The number of carbonyl (C=O) groups excluding carboxylic acids is 3. The molecule has 3 aromatic rings. The Balaban J connectivity index is 1.32. The van der Waals surface area contributed by atoms with E-state index in [0.717, 1.165) is 36.5 Å². The van der Waals surface area contributed by atoms with E-state index >= 15 is 0 Å². The number of hydrogen-bond donors (Lipinski definition) is 0. The van der Waals surface area contributed by atoms with E-state index in [0.29, 0.717) is 24.2 Å². The lowest BCUT2D eigenvalue weighted by molar-refractivity contribution is -0.134. The van der Waals surface area contributed by atoms with Crippen molar-refractivity contribution in [1.82, 2.24) is 14.8 Å². The lowest BCUT2D eigenvalue weighted by Gasteiger charge is -2.36. The van der Waals surface area contributed by atoms with Gasteiger partial charge in [0.05, 0.1) is 28.8 Å². The molecule has 3 amide bonds. The molecule has 2 aliphatic rings. The van der Waals surface area contributed by atoms with Gasteiger partial charge in [-0.25, -0.2) is 4.98 Å². The smallest absolute Gasteiger partial charge is 0.264 e. The van der Waals surface area contributed by atoms with Gasteiger partial charge < -0.3 is 9.80 Å². The molecule has 0 saturated carbocycles. The molecule has 1 aromatic heterocycles. The van der Waals surface area contributed by atoms with Crippen LogP contribution in [0.5, 0.6) is 0 Å². The SMILES string of the molecule is C[C@@H](c1nccs1)N1C(=O)c2cccc(N3CCC[C@@H](C(=O)N(C)CCc4ccccc4)C3)c2C1=O. The maximum atomic E-state index is 13.5. The van der Waals surface area contributed by atoms with Crippen LogP contribution in [0, 0.1) is 5.92 Å². The number of likely N-dealkylation sites (N-methyl/N-ethyl adjacent to an activating group) is 1. The highest BCUT2D eigenvalue weighted by atomic mass is 32.1. The van der Waals surface area contributed by atoms with E-state index in [2.05, 4.69) is 22.0 Å². The summed E-state index contributed by atoms with van der Waals surface area (Å²) in [4.78, 5) is 49.6. The first kappa shape index (κ1) is 24.2. The quantitative estimate of drug-likeness (QED) is 0.447. The van der Waals surface area contributed by atoms with Crippen molar-refractivity contribution in [2.24, 2.45) is 5.92 Å². The Hall–Kier alpha value is -3.52. The number of imide groups is 1. The third kappa shape index (κ3) is 4.53. The Kier molecular flexibility index (Phi) is 6.87. The van der Waals surface area contributed by atoms with E-state index in [1.807, 2.05) is 54.6 Å². The van der Waals surface area contributed by atoms with Crippen LogP contribution in [0.1, 0.15) is 57.1 Å². The van der Waals surface area contributed by atoms with Crippen LogP contribution in [-0.2, 0) is 11.2 Å². The van der Waals surface area contributed by atoms with E-state index in [-0.39, 0.29) is 23.6 Å². The van der Waals surface area contributed by atoms with Crippen LogP contribution < -0.4 is 4.90 Å². The summed E-state index contributed by atoms with van der Waals surface area (Å²) in [6.07, 6.45) is 4.17. The molecule has 0 spiro atoms. The molecule has 0 radical (unpaired) electrons. The van der Waals surface area contributed by atoms with Gasteiger partial charge in [-0.3, -0.25) is 19.3 Å². The molecule has 36 heavy (non-hydrogen) atoms. The molecule has 0 N–H and O–H groups in total. The zero-order valence-electron chi connectivity index (χ0n) is 20.6. The number of nitrogens with zero attached hydrogens (tertiary/aromatic N) is 4. The Morgan fingerprint density at radius 2 is 1.94 bits per heavy atom. The summed E-state index contributed by atoms with van der Waals surface area (Å²) in [5.74, 6) is -0.593. The normalized spacial score (nSPS) is 18.3. The second kappa shape index (κ2) is 10.2. The molecule has 1 fully saturated rings. The number of benzene rings is 2. The van der Waals surface area contributed by atoms with E-state index in [9.17, 15) is 14.4 Å². The highest BCUT2D eigenvalue weighted by Gasteiger charge is 2.42. The number of thiazole rings is 1. The summed E-state index contributed by atoms with van der Waals surface area (Å²) in [5.41, 5.74) is 2.82. The summed E-state index contributed by atoms with van der Waals surface area (Å²) >= 11 is 1.43. The van der Waals surface area contributed by atoms with Gasteiger partial charge in [-0.2, -0.15) is 0 Å². The van der Waals surface area contributed by atoms with Crippen molar-refractivity contribution in [3.05, 3.63) is 81.8 Å². The number of hydrogen-bond acceptors (Lipinski definition) is 6. The molecule has 1 saturated heterocycles. The summed E-state index contributed by atoms with van der Waals surface area (Å²) in [5, 5.41) is 2.57. The van der Waals surface area contributed by atoms with Crippen molar-refractivity contribution >= 4 is 34.7 Å². The van der Waals surface area contributed by atoms with Crippen molar-refractivity contribution in [1.29, 1.82) is 0 Å². The highest BCUT2D eigenvalue weighted by Crippen LogP contribution is 2.38. The molecule has 5 rings (SSSR count). The third-order valence-corrected chi connectivity index (χ3v) is 8.13. The number of aromatic nitrogens is 1. The van der Waals surface area contributed by atoms with Crippen LogP contribution >= 0.6 is 11.3 Å². The topological polar surface area (TPSA) is 73.8 Å². The van der Waals surface area contributed by atoms with Crippen molar-refractivity contribution in [2.45, 2.75) is 32.2 Å². The Morgan fingerprint density at radius 1 is 1.14 bits per heavy atom. The first-order valence-corrected chi connectivity index (χ1v) is 13.3. The minimum atomic E-state index is -0.431. The predicted molar refractivity (Wildman–Crippen MR) is 140 cm³/mol. The molecule has 0 bridgehead atoms. The maximum absolute atomic E-state index is 13.5. The van der Waals surface area contributed by atoms with E-state index in [4.69, 9.17) is 0 Å². The molecule has 3 heterocycles. The molecular weight excluding hydrogens is 472 g/mol. The molecule has 0 aliphatic carbocycles. The van der Waals surface area contributed by atoms with Gasteiger partial charge in [0.25, 0.3) is 11.8 Å². The lowest BCUT2D eigenvalue weighted by atomic mass is 9.94. The second-order valence-electron chi connectivity index (χ2n) is 9.51. The standard InChI is InChI=1S/C28H30N4O3S/c1-19(25-29-14-17-36-25)32-27(34)22-11-6-12-23(24(22)28(32)35)31-15-7-10-21(18-31)26(33)30(2)16-13-20-8-4-3-5-9-20/h3-6,8-9,11-12,14,17,19,21H,7,10,13,15-16,18H2,1-2H3/t19-,21+/m0/s1. The van der Waals surface area contributed by atoms with Crippen molar-refractivity contribution < 1.29 is 14.4 Å². The average molecular weight is 503 g/mol. The second-order valence-corrected chi connectivity index (χ2v) is 10.4. The molecule has 2 atom stereocenters. The van der Waals surface area contributed by atoms with E-state index < -0.39 is 6.04 Å². The van der Waals surface area contributed by atoms with Gasteiger partial charge in [0.2, 0.25) is 5.91 Å². The van der Waals surface area contributed by atoms with Gasteiger partial charge in [-0.05, 0) is 43.9 Å². The van der Waals surface area contributed by atoms with Crippen molar-refractivity contribution in [2.75, 3.05) is 31.6 Å². The van der Waals surface area contributed by atoms with E-state index in [1.165, 1.54) is 21.8 Å². The number of amides is 3. The first-order chi connectivity index (χ1) is 17.5. The fourth-order valence-corrected chi connectivity index (χ4v) is 5.90. The summed E-state index contributed by atoms with van der Waals surface area (Å²) < 4.78 is 0. The number of anilines is 1.